The monoisotopic (exact) mass is 232 g/mol. The lowest BCUT2D eigenvalue weighted by Gasteiger charge is -2.28. The molecule has 3 heteroatoms. The average molecular weight is 232 g/mol. The van der Waals surface area contributed by atoms with E-state index in [-0.39, 0.29) is 5.91 Å². The van der Waals surface area contributed by atoms with Gasteiger partial charge in [-0.25, -0.2) is 0 Å². The van der Waals surface area contributed by atoms with Crippen LogP contribution in [0.5, 0.6) is 0 Å². The van der Waals surface area contributed by atoms with E-state index in [0.717, 1.165) is 5.56 Å². The first-order valence-electron chi connectivity index (χ1n) is 6.34. The number of hydrogen-bond acceptors (Lipinski definition) is 2. The molecule has 1 aromatic carbocycles. The van der Waals surface area contributed by atoms with Crippen molar-refractivity contribution < 1.29 is 4.79 Å². The lowest BCUT2D eigenvalue weighted by Crippen LogP contribution is -2.29. The first kappa shape index (κ1) is 12.0. The zero-order chi connectivity index (χ0) is 12.1. The van der Waals surface area contributed by atoms with Crippen molar-refractivity contribution in [2.24, 2.45) is 0 Å². The van der Waals surface area contributed by atoms with Crippen molar-refractivity contribution >= 4 is 11.6 Å². The third-order valence-corrected chi connectivity index (χ3v) is 3.20. The van der Waals surface area contributed by atoms with E-state index in [2.05, 4.69) is 34.5 Å². The van der Waals surface area contributed by atoms with Gasteiger partial charge < -0.3 is 10.2 Å². The summed E-state index contributed by atoms with van der Waals surface area (Å²) in [5, 5.41) is 2.81. The molecule has 1 heterocycles. The summed E-state index contributed by atoms with van der Waals surface area (Å²) in [6, 6.07) is 8.50. The van der Waals surface area contributed by atoms with E-state index >= 15 is 0 Å². The molecule has 0 aliphatic carbocycles. The zero-order valence-corrected chi connectivity index (χ0v) is 10.4. The molecule has 17 heavy (non-hydrogen) atoms. The summed E-state index contributed by atoms with van der Waals surface area (Å²) in [7, 11) is 0. The van der Waals surface area contributed by atoms with Crippen LogP contribution < -0.4 is 10.2 Å². The van der Waals surface area contributed by atoms with Gasteiger partial charge in [0, 0.05) is 32.2 Å². The van der Waals surface area contributed by atoms with Crippen LogP contribution in [-0.2, 0) is 11.3 Å². The van der Waals surface area contributed by atoms with Gasteiger partial charge in [-0.15, -0.1) is 0 Å². The summed E-state index contributed by atoms with van der Waals surface area (Å²) in [5.74, 6) is 0.0186. The Morgan fingerprint density at radius 3 is 2.41 bits per heavy atom. The third kappa shape index (κ3) is 3.48. The number of rotatable bonds is 3. The molecule has 1 amide bonds. The highest BCUT2D eigenvalue weighted by Crippen LogP contribution is 2.20. The number of amides is 1. The largest absolute Gasteiger partial charge is 0.372 e. The molecular formula is C14H20N2O. The number of nitrogens with zero attached hydrogens (tertiary/aromatic N) is 1. The average Bonchev–Trinajstić information content (AvgIpc) is 2.38. The maximum Gasteiger partial charge on any atom is 0.217 e. The quantitative estimate of drug-likeness (QED) is 0.867. The van der Waals surface area contributed by atoms with Crippen LogP contribution in [0, 0.1) is 0 Å². The predicted octanol–water partition coefficient (Wildman–Crippen LogP) is 2.31. The van der Waals surface area contributed by atoms with Gasteiger partial charge in [0.2, 0.25) is 5.91 Å². The van der Waals surface area contributed by atoms with Crippen LogP contribution in [0.4, 0.5) is 5.69 Å². The summed E-state index contributed by atoms with van der Waals surface area (Å²) in [4.78, 5) is 13.2. The molecule has 0 radical (unpaired) electrons. The van der Waals surface area contributed by atoms with Crippen molar-refractivity contribution in [3.05, 3.63) is 29.8 Å². The van der Waals surface area contributed by atoms with Crippen molar-refractivity contribution in [2.75, 3.05) is 18.0 Å². The maximum atomic E-state index is 10.8. The van der Waals surface area contributed by atoms with Gasteiger partial charge >= 0.3 is 0 Å². The van der Waals surface area contributed by atoms with Crippen LogP contribution in [0.1, 0.15) is 31.7 Å². The van der Waals surface area contributed by atoms with E-state index in [1.165, 1.54) is 38.0 Å². The molecular weight excluding hydrogens is 212 g/mol. The number of benzene rings is 1. The van der Waals surface area contributed by atoms with E-state index in [1.807, 2.05) is 0 Å². The highest BCUT2D eigenvalue weighted by Gasteiger charge is 2.10. The van der Waals surface area contributed by atoms with Crippen LogP contribution in [0.25, 0.3) is 0 Å². The van der Waals surface area contributed by atoms with Crippen LogP contribution in [-0.4, -0.2) is 19.0 Å². The molecule has 2 rings (SSSR count). The summed E-state index contributed by atoms with van der Waals surface area (Å²) < 4.78 is 0. The number of carbonyl (C=O) groups is 1. The Balaban J connectivity index is 1.94. The summed E-state index contributed by atoms with van der Waals surface area (Å²) in [6.45, 7) is 4.51. The standard InChI is InChI=1S/C14H20N2O/c1-12(17)15-11-13-5-7-14(8-6-13)16-9-3-2-4-10-16/h5-8H,2-4,9-11H2,1H3,(H,15,17). The normalized spacial score (nSPS) is 15.7. The van der Waals surface area contributed by atoms with Crippen LogP contribution in [0.15, 0.2) is 24.3 Å². The highest BCUT2D eigenvalue weighted by molar-refractivity contribution is 5.72. The fourth-order valence-electron chi connectivity index (χ4n) is 2.20. The second-order valence-electron chi connectivity index (χ2n) is 4.62. The Bertz CT molecular complexity index is 366. The molecule has 1 aliphatic heterocycles. The first-order chi connectivity index (χ1) is 8.25. The summed E-state index contributed by atoms with van der Waals surface area (Å²) in [6.07, 6.45) is 3.96. The number of hydrogen-bond donors (Lipinski definition) is 1. The van der Waals surface area contributed by atoms with Gasteiger partial charge in [-0.3, -0.25) is 4.79 Å². The van der Waals surface area contributed by atoms with Gasteiger partial charge in [-0.05, 0) is 37.0 Å². The first-order valence-corrected chi connectivity index (χ1v) is 6.34. The van der Waals surface area contributed by atoms with Gasteiger partial charge in [0.25, 0.3) is 0 Å². The maximum absolute atomic E-state index is 10.8. The molecule has 0 aromatic heterocycles. The Hall–Kier alpha value is -1.51. The van der Waals surface area contributed by atoms with Gasteiger partial charge in [-0.2, -0.15) is 0 Å². The molecule has 3 nitrogen and oxygen atoms in total. The van der Waals surface area contributed by atoms with Crippen molar-refractivity contribution in [2.45, 2.75) is 32.7 Å². The fourth-order valence-corrected chi connectivity index (χ4v) is 2.20. The van der Waals surface area contributed by atoms with E-state index in [4.69, 9.17) is 0 Å². The van der Waals surface area contributed by atoms with E-state index in [0.29, 0.717) is 6.54 Å². The number of carbonyl (C=O) groups excluding carboxylic acids is 1. The topological polar surface area (TPSA) is 32.3 Å². The van der Waals surface area contributed by atoms with E-state index in [9.17, 15) is 4.79 Å². The molecule has 1 fully saturated rings. The van der Waals surface area contributed by atoms with Gasteiger partial charge in [0.05, 0.1) is 0 Å². The Morgan fingerprint density at radius 1 is 1.18 bits per heavy atom. The lowest BCUT2D eigenvalue weighted by atomic mass is 10.1. The minimum Gasteiger partial charge on any atom is -0.372 e. The number of piperidine rings is 1. The van der Waals surface area contributed by atoms with Gasteiger partial charge in [-0.1, -0.05) is 12.1 Å². The van der Waals surface area contributed by atoms with Crippen molar-refractivity contribution in [3.8, 4) is 0 Å². The van der Waals surface area contributed by atoms with Crippen LogP contribution in [0.3, 0.4) is 0 Å². The Labute approximate surface area is 103 Å². The Morgan fingerprint density at radius 2 is 1.82 bits per heavy atom. The summed E-state index contributed by atoms with van der Waals surface area (Å²) in [5.41, 5.74) is 2.46. The molecule has 0 bridgehead atoms. The number of nitrogens with one attached hydrogen (secondary N) is 1. The molecule has 0 unspecified atom stereocenters. The predicted molar refractivity (Wildman–Crippen MR) is 70.0 cm³/mol. The summed E-state index contributed by atoms with van der Waals surface area (Å²) >= 11 is 0. The van der Waals surface area contributed by atoms with E-state index < -0.39 is 0 Å². The fraction of sp³-hybridized carbons (Fsp3) is 0.500. The molecule has 0 saturated carbocycles. The minimum absolute atomic E-state index is 0.0186. The van der Waals surface area contributed by atoms with Crippen molar-refractivity contribution in [1.82, 2.24) is 5.32 Å². The van der Waals surface area contributed by atoms with Crippen molar-refractivity contribution in [3.63, 3.8) is 0 Å². The molecule has 1 N–H and O–H groups in total. The van der Waals surface area contributed by atoms with Crippen molar-refractivity contribution in [1.29, 1.82) is 0 Å². The van der Waals surface area contributed by atoms with Crippen LogP contribution >= 0.6 is 0 Å². The van der Waals surface area contributed by atoms with E-state index in [1.54, 1.807) is 6.92 Å². The lowest BCUT2D eigenvalue weighted by molar-refractivity contribution is -0.119. The molecule has 92 valence electrons. The second-order valence-corrected chi connectivity index (χ2v) is 4.62. The van der Waals surface area contributed by atoms with Crippen LogP contribution in [0.2, 0.25) is 0 Å². The zero-order valence-electron chi connectivity index (χ0n) is 10.4. The highest BCUT2D eigenvalue weighted by atomic mass is 16.1. The second kappa shape index (κ2) is 5.71. The molecule has 1 aliphatic rings. The smallest absolute Gasteiger partial charge is 0.217 e. The van der Waals surface area contributed by atoms with Gasteiger partial charge in [0.15, 0.2) is 0 Å². The Kier molecular flexibility index (Phi) is 4.02. The molecule has 0 spiro atoms. The SMILES string of the molecule is CC(=O)NCc1ccc(N2CCCCC2)cc1. The van der Waals surface area contributed by atoms with Gasteiger partial charge in [0.1, 0.15) is 0 Å². The third-order valence-electron chi connectivity index (χ3n) is 3.20. The minimum atomic E-state index is 0.0186. The number of anilines is 1. The molecule has 0 atom stereocenters. The molecule has 1 aromatic rings. The molecule has 1 saturated heterocycles.